The zero-order valence-electron chi connectivity index (χ0n) is 62.1. The highest BCUT2D eigenvalue weighted by Gasteiger charge is 2.30. The smallest absolute Gasteiger partial charge is 0.462 e. The van der Waals surface area contributed by atoms with Crippen LogP contribution in [0.2, 0.25) is 0 Å². The molecule has 17 nitrogen and oxygen atoms in total. The topological polar surface area (TPSA) is 237 Å². The van der Waals surface area contributed by atoms with E-state index in [0.717, 1.165) is 114 Å². The van der Waals surface area contributed by atoms with Crippen molar-refractivity contribution >= 4 is 39.5 Å². The molecule has 95 heavy (non-hydrogen) atoms. The molecule has 8 atom stereocenters. The van der Waals surface area contributed by atoms with Gasteiger partial charge >= 0.3 is 39.5 Å². The minimum Gasteiger partial charge on any atom is -0.462 e. The lowest BCUT2D eigenvalue weighted by Crippen LogP contribution is -2.30. The average Bonchev–Trinajstić information content (AvgIpc) is 1.56. The van der Waals surface area contributed by atoms with E-state index in [-0.39, 0.29) is 25.7 Å². The average molecular weight is 1400 g/mol. The maximum Gasteiger partial charge on any atom is 0.472 e. The van der Waals surface area contributed by atoms with Gasteiger partial charge in [-0.15, -0.1) is 0 Å². The molecule has 0 bridgehead atoms. The highest BCUT2D eigenvalue weighted by Crippen LogP contribution is 2.45. The van der Waals surface area contributed by atoms with Gasteiger partial charge < -0.3 is 33.8 Å². The van der Waals surface area contributed by atoms with Crippen molar-refractivity contribution in [3.05, 3.63) is 0 Å². The zero-order chi connectivity index (χ0) is 70.1. The third kappa shape index (κ3) is 66.4. The Morgan fingerprint density at radius 1 is 0.295 bits per heavy atom. The fourth-order valence-electron chi connectivity index (χ4n) is 11.5. The monoisotopic (exact) mass is 1400 g/mol. The van der Waals surface area contributed by atoms with Gasteiger partial charge in [-0.2, -0.15) is 0 Å². The van der Waals surface area contributed by atoms with Gasteiger partial charge in [0.25, 0.3) is 0 Å². The number of carbonyl (C=O) groups is 4. The summed E-state index contributed by atoms with van der Waals surface area (Å²) in [5, 5.41) is 10.6. The van der Waals surface area contributed by atoms with Crippen LogP contribution in [0.1, 0.15) is 389 Å². The molecular formula is C76H148O17P2. The van der Waals surface area contributed by atoms with Gasteiger partial charge in [0.2, 0.25) is 0 Å². The number of esters is 4. The van der Waals surface area contributed by atoms with Gasteiger partial charge in [0.1, 0.15) is 19.3 Å². The Kier molecular flexibility index (Phi) is 65.2. The van der Waals surface area contributed by atoms with Crippen molar-refractivity contribution in [2.75, 3.05) is 39.6 Å². The van der Waals surface area contributed by atoms with Crippen molar-refractivity contribution in [3.8, 4) is 0 Å². The normalized spacial score (nSPS) is 14.9. The predicted molar refractivity (Wildman–Crippen MR) is 386 cm³/mol. The summed E-state index contributed by atoms with van der Waals surface area (Å²) in [7, 11) is -9.90. The molecule has 0 radical (unpaired) electrons. The van der Waals surface area contributed by atoms with Crippen LogP contribution >= 0.6 is 15.6 Å². The maximum absolute atomic E-state index is 13.1. The number of carbonyl (C=O) groups excluding carboxylic acids is 4. The molecule has 0 saturated carbocycles. The number of aliphatic hydroxyl groups is 1. The Hall–Kier alpha value is -1.94. The summed E-state index contributed by atoms with van der Waals surface area (Å²) in [5.74, 6) is 0.354. The fraction of sp³-hybridized carbons (Fsp3) is 0.947. The molecule has 0 aliphatic heterocycles. The van der Waals surface area contributed by atoms with Crippen LogP contribution in [-0.2, 0) is 65.4 Å². The van der Waals surface area contributed by atoms with Crippen LogP contribution in [0.15, 0.2) is 0 Å². The minimum absolute atomic E-state index is 0.105. The van der Waals surface area contributed by atoms with Gasteiger partial charge in [-0.25, -0.2) is 9.13 Å². The van der Waals surface area contributed by atoms with E-state index >= 15 is 0 Å². The Morgan fingerprint density at radius 2 is 0.505 bits per heavy atom. The number of ether oxygens (including phenoxy) is 4. The molecule has 19 heteroatoms. The van der Waals surface area contributed by atoms with Gasteiger partial charge in [0.15, 0.2) is 12.2 Å². The van der Waals surface area contributed by atoms with E-state index in [4.69, 9.17) is 37.0 Å². The fourth-order valence-corrected chi connectivity index (χ4v) is 13.1. The largest absolute Gasteiger partial charge is 0.472 e. The first-order valence-electron chi connectivity index (χ1n) is 39.5. The van der Waals surface area contributed by atoms with Crippen molar-refractivity contribution in [3.63, 3.8) is 0 Å². The summed E-state index contributed by atoms with van der Waals surface area (Å²) >= 11 is 0. The molecule has 0 saturated heterocycles. The second-order valence-corrected chi connectivity index (χ2v) is 31.0. The molecule has 0 aromatic heterocycles. The lowest BCUT2D eigenvalue weighted by Gasteiger charge is -2.21. The number of rotatable bonds is 74. The summed E-state index contributed by atoms with van der Waals surface area (Å²) in [6, 6.07) is 0. The highest BCUT2D eigenvalue weighted by atomic mass is 31.2. The van der Waals surface area contributed by atoms with E-state index < -0.39 is 97.5 Å². The summed E-state index contributed by atoms with van der Waals surface area (Å²) < 4.78 is 68.3. The van der Waals surface area contributed by atoms with Crippen LogP contribution in [0.5, 0.6) is 0 Å². The summed E-state index contributed by atoms with van der Waals surface area (Å²) in [5.41, 5.74) is 0. The molecule has 3 N–H and O–H groups in total. The molecule has 5 unspecified atom stereocenters. The molecule has 0 amide bonds. The third-order valence-corrected chi connectivity index (χ3v) is 20.6. The van der Waals surface area contributed by atoms with Crippen molar-refractivity contribution < 1.29 is 80.2 Å². The molecule has 0 aromatic rings. The van der Waals surface area contributed by atoms with Crippen LogP contribution in [0.25, 0.3) is 0 Å². The van der Waals surface area contributed by atoms with Crippen molar-refractivity contribution in [2.45, 2.75) is 407 Å². The van der Waals surface area contributed by atoms with E-state index in [1.807, 2.05) is 0 Å². The van der Waals surface area contributed by atoms with Gasteiger partial charge in [-0.05, 0) is 43.4 Å². The Bertz CT molecular complexity index is 1860. The van der Waals surface area contributed by atoms with Gasteiger partial charge in [0.05, 0.1) is 26.4 Å². The van der Waals surface area contributed by atoms with Gasteiger partial charge in [-0.3, -0.25) is 37.3 Å². The Labute approximate surface area is 581 Å². The first-order valence-corrected chi connectivity index (χ1v) is 42.5. The maximum atomic E-state index is 13.1. The number of phosphoric acid groups is 2. The molecule has 0 fully saturated rings. The lowest BCUT2D eigenvalue weighted by atomic mass is 9.99. The van der Waals surface area contributed by atoms with Gasteiger partial charge in [-0.1, -0.05) is 337 Å². The van der Waals surface area contributed by atoms with Crippen LogP contribution in [-0.4, -0.2) is 96.7 Å². The minimum atomic E-state index is -4.96. The SMILES string of the molecule is CCCCCCCC(=O)OC[C@H](COP(=O)(O)OC[C@H](O)COP(=O)(O)OC[C@@H](COC(=O)CCCCCCCCCCCCC(C)CC)OC(=O)CCCCCCCCCCCCCCCCCCCCC(C)CC)OC(=O)CCCCCCCCCCCCC(C)CC. The predicted octanol–water partition coefficient (Wildman–Crippen LogP) is 22.2. The first-order chi connectivity index (χ1) is 45.8. The van der Waals surface area contributed by atoms with Crippen LogP contribution in [0.3, 0.4) is 0 Å². The number of hydrogen-bond donors (Lipinski definition) is 3. The van der Waals surface area contributed by atoms with Crippen molar-refractivity contribution in [1.29, 1.82) is 0 Å². The van der Waals surface area contributed by atoms with E-state index in [0.29, 0.717) is 25.7 Å². The number of phosphoric ester groups is 2. The third-order valence-electron chi connectivity index (χ3n) is 18.7. The summed E-state index contributed by atoms with van der Waals surface area (Å²) in [6.45, 7) is 11.9. The second-order valence-electron chi connectivity index (χ2n) is 28.1. The summed E-state index contributed by atoms with van der Waals surface area (Å²) in [4.78, 5) is 72.5. The van der Waals surface area contributed by atoms with E-state index in [9.17, 15) is 43.2 Å². The molecule has 0 rings (SSSR count). The molecule has 0 aromatic carbocycles. The number of hydrogen-bond acceptors (Lipinski definition) is 15. The van der Waals surface area contributed by atoms with Crippen LogP contribution in [0.4, 0.5) is 0 Å². The molecule has 0 aliphatic rings. The second kappa shape index (κ2) is 66.6. The Balaban J connectivity index is 5.12. The van der Waals surface area contributed by atoms with Crippen molar-refractivity contribution in [2.24, 2.45) is 17.8 Å². The molecule has 0 aliphatic carbocycles. The first kappa shape index (κ1) is 93.1. The zero-order valence-corrected chi connectivity index (χ0v) is 63.9. The van der Waals surface area contributed by atoms with E-state index in [1.165, 1.54) is 193 Å². The van der Waals surface area contributed by atoms with Crippen molar-refractivity contribution in [1.82, 2.24) is 0 Å². The van der Waals surface area contributed by atoms with E-state index in [2.05, 4.69) is 48.5 Å². The highest BCUT2D eigenvalue weighted by molar-refractivity contribution is 7.47. The molecule has 0 spiro atoms. The van der Waals surface area contributed by atoms with Crippen LogP contribution < -0.4 is 0 Å². The standard InChI is InChI=1S/C76H148O17P2/c1-8-12-13-40-50-57-73(78)86-63-71(92-75(80)60-53-46-39-33-27-25-30-36-43-49-56-69(7)11-4)65-90-94(82,83)88-61-70(77)62-89-95(84,85)91-66-72(64-87-74(79)58-51-44-37-31-26-24-29-35-42-48-55-68(6)10-3)93-76(81)59-52-45-38-32-23-21-19-17-15-14-16-18-20-22-28-34-41-47-54-67(5)9-2/h67-72,77H,8-66H2,1-7H3,(H,82,83)(H,84,85)/t67?,68?,69?,70-,71+,72+/m0/s1. The molecular weight excluding hydrogens is 1250 g/mol. The Morgan fingerprint density at radius 3 is 0.747 bits per heavy atom. The quantitative estimate of drug-likeness (QED) is 0.0222. The molecule has 564 valence electrons. The lowest BCUT2D eigenvalue weighted by molar-refractivity contribution is -0.161. The summed E-state index contributed by atoms with van der Waals surface area (Å²) in [6.07, 6.45) is 53.0. The number of unbranched alkanes of at least 4 members (excludes halogenated alkanes) is 39. The molecule has 0 heterocycles. The van der Waals surface area contributed by atoms with Gasteiger partial charge in [0, 0.05) is 25.7 Å². The van der Waals surface area contributed by atoms with E-state index in [1.54, 1.807) is 0 Å². The van der Waals surface area contributed by atoms with Crippen LogP contribution in [0, 0.1) is 17.8 Å². The number of aliphatic hydroxyl groups excluding tert-OH is 1.